The summed E-state index contributed by atoms with van der Waals surface area (Å²) in [5, 5.41) is 3.30. The van der Waals surface area contributed by atoms with Gasteiger partial charge in [-0.3, -0.25) is 0 Å². The van der Waals surface area contributed by atoms with E-state index in [2.05, 4.69) is 36.5 Å². The maximum absolute atomic E-state index is 6.16. The first-order valence-electron chi connectivity index (χ1n) is 7.67. The summed E-state index contributed by atoms with van der Waals surface area (Å²) in [4.78, 5) is 0. The van der Waals surface area contributed by atoms with Gasteiger partial charge in [-0.25, -0.2) is 0 Å². The summed E-state index contributed by atoms with van der Waals surface area (Å²) in [5.41, 5.74) is 1.27. The molecule has 0 aliphatic heterocycles. The third-order valence-electron chi connectivity index (χ3n) is 5.16. The standard InChI is InChI=1S/C17H25NO/c1-12(18-2)16-5-3-4-6-17(16)19-11-15-10-13-7-8-14(15)9-13/h3-6,12-15,18H,7-11H2,1-2H3. The van der Waals surface area contributed by atoms with Crippen molar-refractivity contribution in [3.05, 3.63) is 29.8 Å². The highest BCUT2D eigenvalue weighted by atomic mass is 16.5. The molecule has 1 N–H and O–H groups in total. The molecular formula is C17H25NO. The quantitative estimate of drug-likeness (QED) is 0.869. The maximum atomic E-state index is 6.16. The molecule has 4 atom stereocenters. The zero-order chi connectivity index (χ0) is 13.2. The van der Waals surface area contributed by atoms with Crippen LogP contribution < -0.4 is 10.1 Å². The molecule has 2 nitrogen and oxygen atoms in total. The molecule has 4 unspecified atom stereocenters. The van der Waals surface area contributed by atoms with Crippen molar-refractivity contribution >= 4 is 0 Å². The van der Waals surface area contributed by atoms with Crippen molar-refractivity contribution in [2.75, 3.05) is 13.7 Å². The number of benzene rings is 1. The van der Waals surface area contributed by atoms with Crippen molar-refractivity contribution in [3.8, 4) is 5.75 Å². The number of para-hydroxylation sites is 1. The van der Waals surface area contributed by atoms with Crippen molar-refractivity contribution in [1.82, 2.24) is 5.32 Å². The van der Waals surface area contributed by atoms with E-state index in [4.69, 9.17) is 4.74 Å². The highest BCUT2D eigenvalue weighted by molar-refractivity contribution is 5.35. The van der Waals surface area contributed by atoms with E-state index in [0.29, 0.717) is 6.04 Å². The SMILES string of the molecule is CNC(C)c1ccccc1OCC1CC2CCC1C2. The summed E-state index contributed by atoms with van der Waals surface area (Å²) in [6.07, 6.45) is 5.76. The number of ether oxygens (including phenoxy) is 1. The Morgan fingerprint density at radius 3 is 2.79 bits per heavy atom. The fourth-order valence-corrected chi connectivity index (χ4v) is 3.90. The van der Waals surface area contributed by atoms with E-state index in [1.807, 2.05) is 7.05 Å². The van der Waals surface area contributed by atoms with E-state index >= 15 is 0 Å². The first-order valence-corrected chi connectivity index (χ1v) is 7.67. The number of hydrogen-bond donors (Lipinski definition) is 1. The number of fused-ring (bicyclic) bond motifs is 2. The average molecular weight is 259 g/mol. The van der Waals surface area contributed by atoms with Crippen molar-refractivity contribution in [2.24, 2.45) is 17.8 Å². The van der Waals surface area contributed by atoms with Crippen LogP contribution in [0.3, 0.4) is 0 Å². The molecule has 0 radical (unpaired) electrons. The van der Waals surface area contributed by atoms with Crippen LogP contribution in [0.25, 0.3) is 0 Å². The van der Waals surface area contributed by atoms with Gasteiger partial charge in [0.15, 0.2) is 0 Å². The molecule has 0 spiro atoms. The van der Waals surface area contributed by atoms with E-state index in [0.717, 1.165) is 30.1 Å². The maximum Gasteiger partial charge on any atom is 0.124 e. The van der Waals surface area contributed by atoms with E-state index < -0.39 is 0 Å². The molecule has 2 saturated carbocycles. The molecule has 2 aliphatic carbocycles. The van der Waals surface area contributed by atoms with Gasteiger partial charge in [-0.15, -0.1) is 0 Å². The predicted octanol–water partition coefficient (Wildman–Crippen LogP) is 3.78. The topological polar surface area (TPSA) is 21.3 Å². The lowest BCUT2D eigenvalue weighted by molar-refractivity contribution is 0.193. The van der Waals surface area contributed by atoms with E-state index in [-0.39, 0.29) is 0 Å². The fourth-order valence-electron chi connectivity index (χ4n) is 3.90. The first-order chi connectivity index (χ1) is 9.28. The molecule has 2 aliphatic rings. The molecular weight excluding hydrogens is 234 g/mol. The monoisotopic (exact) mass is 259 g/mol. The summed E-state index contributed by atoms with van der Waals surface area (Å²) in [6.45, 7) is 3.09. The summed E-state index contributed by atoms with van der Waals surface area (Å²) in [5.74, 6) is 3.81. The summed E-state index contributed by atoms with van der Waals surface area (Å²) in [7, 11) is 2.00. The Labute approximate surface area is 116 Å². The Bertz CT molecular complexity index is 431. The van der Waals surface area contributed by atoms with Gasteiger partial charge < -0.3 is 10.1 Å². The second-order valence-corrected chi connectivity index (χ2v) is 6.29. The van der Waals surface area contributed by atoms with Crippen LogP contribution >= 0.6 is 0 Å². The highest BCUT2D eigenvalue weighted by Crippen LogP contribution is 2.48. The smallest absolute Gasteiger partial charge is 0.124 e. The molecule has 1 aromatic rings. The lowest BCUT2D eigenvalue weighted by atomic mass is 9.89. The lowest BCUT2D eigenvalue weighted by Gasteiger charge is -2.23. The van der Waals surface area contributed by atoms with Gasteiger partial charge in [-0.05, 0) is 57.1 Å². The number of hydrogen-bond acceptors (Lipinski definition) is 2. The minimum absolute atomic E-state index is 0.344. The molecule has 2 heteroatoms. The van der Waals surface area contributed by atoms with Crippen molar-refractivity contribution < 1.29 is 4.74 Å². The van der Waals surface area contributed by atoms with Gasteiger partial charge in [0.05, 0.1) is 6.61 Å². The van der Waals surface area contributed by atoms with Crippen LogP contribution in [0.5, 0.6) is 5.75 Å². The van der Waals surface area contributed by atoms with Crippen LogP contribution in [0, 0.1) is 17.8 Å². The van der Waals surface area contributed by atoms with E-state index in [1.165, 1.54) is 31.2 Å². The van der Waals surface area contributed by atoms with Crippen LogP contribution in [-0.2, 0) is 0 Å². The summed E-state index contributed by atoms with van der Waals surface area (Å²) in [6, 6.07) is 8.78. The number of nitrogens with one attached hydrogen (secondary N) is 1. The zero-order valence-electron chi connectivity index (χ0n) is 12.1. The Morgan fingerprint density at radius 2 is 2.11 bits per heavy atom. The van der Waals surface area contributed by atoms with Gasteiger partial charge in [0.25, 0.3) is 0 Å². The second kappa shape index (κ2) is 5.54. The van der Waals surface area contributed by atoms with Crippen molar-refractivity contribution in [3.63, 3.8) is 0 Å². The van der Waals surface area contributed by atoms with Gasteiger partial charge in [0.2, 0.25) is 0 Å². The second-order valence-electron chi connectivity index (χ2n) is 6.29. The third kappa shape index (κ3) is 2.64. The van der Waals surface area contributed by atoms with Gasteiger partial charge in [0, 0.05) is 11.6 Å². The molecule has 0 amide bonds. The minimum Gasteiger partial charge on any atom is -0.493 e. The van der Waals surface area contributed by atoms with Crippen LogP contribution in [-0.4, -0.2) is 13.7 Å². The molecule has 3 rings (SSSR count). The van der Waals surface area contributed by atoms with Crippen molar-refractivity contribution in [1.29, 1.82) is 0 Å². The van der Waals surface area contributed by atoms with Crippen LogP contribution in [0.4, 0.5) is 0 Å². The third-order valence-corrected chi connectivity index (χ3v) is 5.16. The summed E-state index contributed by atoms with van der Waals surface area (Å²) >= 11 is 0. The van der Waals surface area contributed by atoms with Crippen LogP contribution in [0.15, 0.2) is 24.3 Å². The Balaban J connectivity index is 1.63. The Kier molecular flexibility index (Phi) is 3.79. The molecule has 104 valence electrons. The predicted molar refractivity (Wildman–Crippen MR) is 78.3 cm³/mol. The molecule has 0 aromatic heterocycles. The molecule has 0 saturated heterocycles. The molecule has 2 bridgehead atoms. The van der Waals surface area contributed by atoms with E-state index in [9.17, 15) is 0 Å². The highest BCUT2D eigenvalue weighted by Gasteiger charge is 2.39. The van der Waals surface area contributed by atoms with Gasteiger partial charge in [-0.2, -0.15) is 0 Å². The fraction of sp³-hybridized carbons (Fsp3) is 0.647. The van der Waals surface area contributed by atoms with Gasteiger partial charge in [-0.1, -0.05) is 24.6 Å². The summed E-state index contributed by atoms with van der Waals surface area (Å²) < 4.78 is 6.16. The Morgan fingerprint density at radius 1 is 1.26 bits per heavy atom. The molecule has 0 heterocycles. The van der Waals surface area contributed by atoms with Crippen LogP contribution in [0.1, 0.15) is 44.2 Å². The lowest BCUT2D eigenvalue weighted by Crippen LogP contribution is -2.20. The van der Waals surface area contributed by atoms with E-state index in [1.54, 1.807) is 0 Å². The zero-order valence-corrected chi connectivity index (χ0v) is 12.1. The molecule has 1 aromatic carbocycles. The number of rotatable bonds is 5. The Hall–Kier alpha value is -1.02. The van der Waals surface area contributed by atoms with Gasteiger partial charge in [0.1, 0.15) is 5.75 Å². The van der Waals surface area contributed by atoms with Crippen molar-refractivity contribution in [2.45, 2.75) is 38.6 Å². The molecule has 19 heavy (non-hydrogen) atoms. The largest absolute Gasteiger partial charge is 0.493 e. The minimum atomic E-state index is 0.344. The normalized spacial score (nSPS) is 30.5. The van der Waals surface area contributed by atoms with Gasteiger partial charge >= 0.3 is 0 Å². The molecule has 2 fully saturated rings. The van der Waals surface area contributed by atoms with Crippen LogP contribution in [0.2, 0.25) is 0 Å². The average Bonchev–Trinajstić information content (AvgIpc) is 3.07. The first kappa shape index (κ1) is 13.0.